The van der Waals surface area contributed by atoms with Crippen LogP contribution >= 0.6 is 0 Å². The summed E-state index contributed by atoms with van der Waals surface area (Å²) < 4.78 is 6.72. The highest BCUT2D eigenvalue weighted by Crippen LogP contribution is 2.66. The summed E-state index contributed by atoms with van der Waals surface area (Å²) in [5.74, 6) is 0.202. The average Bonchev–Trinajstić information content (AvgIpc) is 3.08. The summed E-state index contributed by atoms with van der Waals surface area (Å²) in [6.45, 7) is 38.8. The SMILES string of the molecule is [C-]#[N+]C1=C[C@]2(C)C3=CC(=O)CC[C@]3(CO)CC[C@H]2C(C)(C)C1=O.[C-]#[N+]C1=C[C@]2(C)C3=CC(=O)CC[C@]3(CO[Si](C)(C)C(C)(C)C)CC[C@H]2C(C)(C)C1=O. The predicted octanol–water partition coefficient (Wildman–Crippen LogP) is 9.20. The monoisotopic (exact) mass is 740 g/mol. The number of ketones is 4. The molecule has 53 heavy (non-hydrogen) atoms. The van der Waals surface area contributed by atoms with E-state index >= 15 is 0 Å². The van der Waals surface area contributed by atoms with Crippen molar-refractivity contribution in [1.29, 1.82) is 0 Å². The molecule has 1 N–H and O–H groups in total. The van der Waals surface area contributed by atoms with Crippen molar-refractivity contribution >= 4 is 31.5 Å². The van der Waals surface area contributed by atoms with E-state index in [2.05, 4.69) is 50.5 Å². The molecule has 2 saturated carbocycles. The Balaban J connectivity index is 0.000000211. The molecule has 0 aliphatic heterocycles. The second-order valence-corrected chi connectivity index (χ2v) is 24.8. The second kappa shape index (κ2) is 13.2. The topological polar surface area (TPSA) is 106 Å². The quantitative estimate of drug-likeness (QED) is 0.228. The fourth-order valence-corrected chi connectivity index (χ4v) is 12.0. The molecule has 0 aromatic carbocycles. The third kappa shape index (κ3) is 6.33. The first-order chi connectivity index (χ1) is 24.3. The largest absolute Gasteiger partial charge is 0.416 e. The molecule has 0 aromatic rings. The van der Waals surface area contributed by atoms with E-state index in [1.165, 1.54) is 0 Å². The van der Waals surface area contributed by atoms with Crippen LogP contribution < -0.4 is 0 Å². The van der Waals surface area contributed by atoms with E-state index in [9.17, 15) is 24.3 Å². The Labute approximate surface area is 318 Å². The summed E-state index contributed by atoms with van der Waals surface area (Å²) in [7, 11) is -1.95. The van der Waals surface area contributed by atoms with Crippen molar-refractivity contribution in [2.24, 2.45) is 44.3 Å². The fraction of sp³-hybridized carbons (Fsp3) is 0.682. The normalized spacial score (nSPS) is 36.0. The minimum Gasteiger partial charge on any atom is -0.416 e. The van der Waals surface area contributed by atoms with Gasteiger partial charge in [0.2, 0.25) is 11.4 Å². The van der Waals surface area contributed by atoms with Crippen molar-refractivity contribution in [2.45, 2.75) is 132 Å². The molecule has 6 atom stereocenters. The predicted molar refractivity (Wildman–Crippen MR) is 208 cm³/mol. The van der Waals surface area contributed by atoms with Crippen molar-refractivity contribution in [3.05, 3.63) is 69.7 Å². The van der Waals surface area contributed by atoms with Crippen LogP contribution in [0.1, 0.15) is 114 Å². The van der Waals surface area contributed by atoms with E-state index in [4.69, 9.17) is 17.6 Å². The van der Waals surface area contributed by atoms with Gasteiger partial charge in [-0.15, -0.1) is 0 Å². The van der Waals surface area contributed by atoms with Crippen LogP contribution in [0.2, 0.25) is 18.1 Å². The number of aliphatic hydroxyl groups is 1. The van der Waals surface area contributed by atoms with Gasteiger partial charge >= 0.3 is 0 Å². The Bertz CT molecular complexity index is 1840. The summed E-state index contributed by atoms with van der Waals surface area (Å²) in [6, 6.07) is 0. The van der Waals surface area contributed by atoms with Crippen LogP contribution in [-0.4, -0.2) is 49.8 Å². The number of Topliss-reactive ketones (excluding diaryl/α,β-unsaturated/α-hetero) is 2. The number of hydrogen-bond acceptors (Lipinski definition) is 6. The molecule has 6 rings (SSSR count). The molecule has 6 aliphatic rings. The molecule has 2 fully saturated rings. The first-order valence-corrected chi connectivity index (χ1v) is 22.3. The zero-order valence-corrected chi connectivity index (χ0v) is 34.9. The number of nitrogens with zero attached hydrogens (tertiary/aromatic N) is 2. The van der Waals surface area contributed by atoms with E-state index in [1.54, 1.807) is 12.2 Å². The first kappa shape index (κ1) is 40.9. The highest BCUT2D eigenvalue weighted by atomic mass is 28.4. The van der Waals surface area contributed by atoms with Gasteiger partial charge in [-0.2, -0.15) is 0 Å². The van der Waals surface area contributed by atoms with Gasteiger partial charge in [0.15, 0.2) is 31.5 Å². The van der Waals surface area contributed by atoms with Gasteiger partial charge in [-0.1, -0.05) is 74.5 Å². The number of allylic oxidation sites excluding steroid dienone is 6. The van der Waals surface area contributed by atoms with Gasteiger partial charge in [0.05, 0.1) is 19.8 Å². The molecule has 286 valence electrons. The molecule has 0 bridgehead atoms. The lowest BCUT2D eigenvalue weighted by Crippen LogP contribution is -2.56. The number of fused-ring (bicyclic) bond motifs is 6. The van der Waals surface area contributed by atoms with Crippen LogP contribution in [0.15, 0.2) is 46.8 Å². The summed E-state index contributed by atoms with van der Waals surface area (Å²) in [6.07, 6.45) is 13.1. The molecule has 0 unspecified atom stereocenters. The van der Waals surface area contributed by atoms with Gasteiger partial charge in [0.1, 0.15) is 0 Å². The minimum absolute atomic E-state index is 0.0178. The zero-order chi connectivity index (χ0) is 39.8. The van der Waals surface area contributed by atoms with Gasteiger partial charge in [-0.25, -0.2) is 9.69 Å². The van der Waals surface area contributed by atoms with Crippen LogP contribution in [0.5, 0.6) is 0 Å². The molecular weight excluding hydrogens is 681 g/mol. The summed E-state index contributed by atoms with van der Waals surface area (Å²) in [5.41, 5.74) is -0.376. The molecule has 0 aromatic heterocycles. The van der Waals surface area contributed by atoms with Crippen molar-refractivity contribution in [3.8, 4) is 0 Å². The average molecular weight is 741 g/mol. The van der Waals surface area contributed by atoms with Crippen molar-refractivity contribution < 1.29 is 28.7 Å². The van der Waals surface area contributed by atoms with Crippen molar-refractivity contribution in [1.82, 2.24) is 0 Å². The van der Waals surface area contributed by atoms with E-state index in [-0.39, 0.29) is 68.8 Å². The van der Waals surface area contributed by atoms with E-state index in [1.807, 2.05) is 46.8 Å². The number of hydrogen-bond donors (Lipinski definition) is 1. The zero-order valence-electron chi connectivity index (χ0n) is 33.9. The minimum atomic E-state index is -1.95. The van der Waals surface area contributed by atoms with E-state index < -0.39 is 30.0 Å². The maximum Gasteiger partial charge on any atom is 0.226 e. The van der Waals surface area contributed by atoms with Crippen molar-refractivity contribution in [2.75, 3.05) is 13.2 Å². The highest BCUT2D eigenvalue weighted by Gasteiger charge is 2.61. The van der Waals surface area contributed by atoms with Crippen molar-refractivity contribution in [3.63, 3.8) is 0 Å². The smallest absolute Gasteiger partial charge is 0.226 e. The first-order valence-electron chi connectivity index (χ1n) is 19.4. The summed E-state index contributed by atoms with van der Waals surface area (Å²) >= 11 is 0. The van der Waals surface area contributed by atoms with E-state index in [0.717, 1.165) is 43.3 Å². The lowest BCUT2D eigenvalue weighted by Gasteiger charge is -2.59. The molecule has 0 saturated heterocycles. The Morgan fingerprint density at radius 1 is 0.736 bits per heavy atom. The second-order valence-electron chi connectivity index (χ2n) is 19.9. The number of carbonyl (C=O) groups is 4. The molecule has 0 radical (unpaired) electrons. The maximum atomic E-state index is 13.0. The number of carbonyl (C=O) groups excluding carboxylic acids is 4. The third-order valence-corrected chi connectivity index (χ3v) is 19.7. The van der Waals surface area contributed by atoms with Crippen LogP contribution in [0.4, 0.5) is 0 Å². The van der Waals surface area contributed by atoms with Crippen LogP contribution in [0.25, 0.3) is 9.69 Å². The third-order valence-electron chi connectivity index (χ3n) is 15.2. The highest BCUT2D eigenvalue weighted by molar-refractivity contribution is 6.74. The van der Waals surface area contributed by atoms with E-state index in [0.29, 0.717) is 25.9 Å². The van der Waals surface area contributed by atoms with Gasteiger partial charge in [0.25, 0.3) is 0 Å². The molecule has 6 aliphatic carbocycles. The molecular formula is C44H60N2O6Si. The van der Waals surface area contributed by atoms with Crippen LogP contribution in [0, 0.1) is 57.5 Å². The molecule has 9 heteroatoms. The molecule has 0 amide bonds. The molecule has 0 heterocycles. The summed E-state index contributed by atoms with van der Waals surface area (Å²) in [4.78, 5) is 57.2. The molecule has 0 spiro atoms. The standard InChI is InChI=1S/C25H37NO3Si.C19H23NO3/c1-22(2,3)30(8,9)29-16-25-12-10-17(27)14-20(25)24(6)15-18(26-7)21(28)23(4,5)19(24)11-13-25;1-17(2)14-6-8-19(11-21)7-5-12(22)9-15(19)18(14,3)10-13(20-4)16(17)23/h14-15,19H,10-13,16H2,1-6,8-9H3;9-10,14,21H,5-8,11H2,1-3H3/t19-,24-,25+;14-,18-,19+/m00/s1. The fourth-order valence-electron chi connectivity index (χ4n) is 11.0. The Kier molecular flexibility index (Phi) is 10.2. The lowest BCUT2D eigenvalue weighted by molar-refractivity contribution is -0.132. The van der Waals surface area contributed by atoms with Crippen LogP contribution in [-0.2, 0) is 23.6 Å². The Morgan fingerprint density at radius 3 is 1.53 bits per heavy atom. The lowest BCUT2D eigenvalue weighted by atomic mass is 9.45. The van der Waals surface area contributed by atoms with Gasteiger partial charge < -0.3 is 19.1 Å². The molecule has 8 nitrogen and oxygen atoms in total. The Morgan fingerprint density at radius 2 is 1.13 bits per heavy atom. The number of rotatable bonds is 4. The van der Waals surface area contributed by atoms with Gasteiger partial charge in [-0.05, 0) is 91.8 Å². The van der Waals surface area contributed by atoms with Gasteiger partial charge in [-0.3, -0.25) is 9.59 Å². The van der Waals surface area contributed by atoms with Gasteiger partial charge in [0, 0.05) is 51.9 Å². The number of aliphatic hydroxyl groups excluding tert-OH is 1. The Hall–Kier alpha value is -3.24. The summed E-state index contributed by atoms with van der Waals surface area (Å²) in [5, 5.41) is 10.2. The maximum absolute atomic E-state index is 13.0. The van der Waals surface area contributed by atoms with Crippen LogP contribution in [0.3, 0.4) is 0 Å².